The molecule has 0 amide bonds. The molecule has 2 N–H and O–H groups in total. The highest BCUT2D eigenvalue weighted by Crippen LogP contribution is 2.79. The lowest BCUT2D eigenvalue weighted by Gasteiger charge is -2.74. The number of aliphatic hydroxyl groups is 2. The lowest BCUT2D eigenvalue weighted by molar-refractivity contribution is -0.271. The molecular formula is C24H30O8. The van der Waals surface area contributed by atoms with Crippen LogP contribution in [0, 0.1) is 34.0 Å². The Hall–Kier alpha value is -2.06. The number of Topliss-reactive ketones (excluding diaryl/α,β-unsaturated/α-hetero) is 2. The van der Waals surface area contributed by atoms with Crippen molar-refractivity contribution < 1.29 is 38.9 Å². The van der Waals surface area contributed by atoms with Crippen LogP contribution in [0.1, 0.15) is 54.4 Å². The molecule has 0 aromatic rings. The average Bonchev–Trinajstić information content (AvgIpc) is 3.34. The molecule has 0 unspecified atom stereocenters. The van der Waals surface area contributed by atoms with Gasteiger partial charge in [0.25, 0.3) is 0 Å². The Bertz CT molecular complexity index is 1030. The highest BCUT2D eigenvalue weighted by Gasteiger charge is 2.86. The van der Waals surface area contributed by atoms with Crippen molar-refractivity contribution in [2.75, 3.05) is 0 Å². The van der Waals surface area contributed by atoms with E-state index in [-0.39, 0.29) is 29.5 Å². The lowest BCUT2D eigenvalue weighted by Crippen LogP contribution is -2.82. The van der Waals surface area contributed by atoms with Gasteiger partial charge in [0.1, 0.15) is 29.7 Å². The zero-order valence-corrected chi connectivity index (χ0v) is 19.2. The van der Waals surface area contributed by atoms with E-state index in [1.165, 1.54) is 13.8 Å². The molecule has 5 aliphatic rings. The summed E-state index contributed by atoms with van der Waals surface area (Å²) in [6, 6.07) is 0. The molecule has 8 nitrogen and oxygen atoms in total. The van der Waals surface area contributed by atoms with Crippen LogP contribution in [0.3, 0.4) is 0 Å². The highest BCUT2D eigenvalue weighted by atomic mass is 16.6. The van der Waals surface area contributed by atoms with Crippen molar-refractivity contribution in [2.24, 2.45) is 34.0 Å². The molecule has 0 aromatic carbocycles. The smallest absolute Gasteiger partial charge is 0.303 e. The van der Waals surface area contributed by atoms with Gasteiger partial charge in [-0.2, -0.15) is 0 Å². The maximum atomic E-state index is 13.9. The maximum Gasteiger partial charge on any atom is 0.303 e. The summed E-state index contributed by atoms with van der Waals surface area (Å²) < 4.78 is 11.2. The monoisotopic (exact) mass is 446 g/mol. The SMILES string of the molecule is CC(=O)O[C@@H]1[C@@H](O)C2=C3[C@]4(C)[C@@H]1C(C)(C)C(=O)C[C@@H]4[C@]3(O)[C@H](OC(C)=O)[C@@]1(C[C@H]1C)C2=O. The number of hydrogen-bond donors (Lipinski definition) is 2. The van der Waals surface area contributed by atoms with Crippen LogP contribution in [0.5, 0.6) is 0 Å². The first-order valence-corrected chi connectivity index (χ1v) is 11.3. The number of carbonyl (C=O) groups is 4. The molecule has 0 aromatic heterocycles. The second-order valence-electron chi connectivity index (χ2n) is 11.3. The van der Waals surface area contributed by atoms with Gasteiger partial charge in [-0.15, -0.1) is 0 Å². The van der Waals surface area contributed by atoms with Gasteiger partial charge < -0.3 is 19.7 Å². The first kappa shape index (κ1) is 21.8. The van der Waals surface area contributed by atoms with Crippen LogP contribution >= 0.6 is 0 Å². The first-order chi connectivity index (χ1) is 14.7. The molecule has 3 fully saturated rings. The number of rotatable bonds is 2. The number of ketones is 2. The molecule has 5 rings (SSSR count). The van der Waals surface area contributed by atoms with E-state index >= 15 is 0 Å². The van der Waals surface area contributed by atoms with Gasteiger partial charge in [-0.05, 0) is 17.9 Å². The third-order valence-electron chi connectivity index (χ3n) is 9.41. The van der Waals surface area contributed by atoms with Gasteiger partial charge in [-0.3, -0.25) is 19.2 Å². The van der Waals surface area contributed by atoms with Crippen LogP contribution in [0.25, 0.3) is 0 Å². The van der Waals surface area contributed by atoms with E-state index < -0.39 is 63.9 Å². The second kappa shape index (κ2) is 5.89. The van der Waals surface area contributed by atoms with Crippen LogP contribution in [0.2, 0.25) is 0 Å². The molecular weight excluding hydrogens is 416 g/mol. The molecule has 32 heavy (non-hydrogen) atoms. The number of ether oxygens (including phenoxy) is 2. The Morgan fingerprint density at radius 3 is 2.12 bits per heavy atom. The van der Waals surface area contributed by atoms with Crippen LogP contribution in [-0.4, -0.2) is 57.6 Å². The van der Waals surface area contributed by atoms with Crippen molar-refractivity contribution in [1.82, 2.24) is 0 Å². The van der Waals surface area contributed by atoms with Gasteiger partial charge in [0, 0.05) is 48.5 Å². The largest absolute Gasteiger partial charge is 0.459 e. The van der Waals surface area contributed by atoms with Crippen LogP contribution in [0.4, 0.5) is 0 Å². The summed E-state index contributed by atoms with van der Waals surface area (Å²) in [5, 5.41) is 23.6. The third-order valence-corrected chi connectivity index (χ3v) is 9.41. The summed E-state index contributed by atoms with van der Waals surface area (Å²) in [5.41, 5.74) is -4.27. The van der Waals surface area contributed by atoms with Gasteiger partial charge in [0.05, 0.1) is 5.41 Å². The molecule has 0 radical (unpaired) electrons. The summed E-state index contributed by atoms with van der Waals surface area (Å²) in [7, 11) is 0. The molecule has 8 heteroatoms. The van der Waals surface area contributed by atoms with E-state index in [4.69, 9.17) is 9.47 Å². The minimum absolute atomic E-state index is 0.0482. The molecule has 0 saturated heterocycles. The molecule has 3 saturated carbocycles. The van der Waals surface area contributed by atoms with Gasteiger partial charge in [-0.1, -0.05) is 27.7 Å². The van der Waals surface area contributed by atoms with Gasteiger partial charge in [-0.25, -0.2) is 0 Å². The maximum absolute atomic E-state index is 13.9. The standard InChI is InChI=1S/C24H30O8/c1-9-8-23(9)19(29)14-15(28)16(31-10(2)25)18-21(4,5)13(27)7-12-22(18,6)17(14)24(12,30)20(23)32-11(3)26/h9,12,15-16,18,20,28,30H,7-8H2,1-6H3/t9-,12+,15+,16-,18+,20-,22-,23-,24-/m1/s1. The fraction of sp³-hybridized carbons (Fsp3) is 0.750. The average molecular weight is 446 g/mol. The molecule has 1 spiro atoms. The minimum Gasteiger partial charge on any atom is -0.459 e. The number of fused-ring (bicyclic) bond motifs is 1. The second-order valence-corrected chi connectivity index (χ2v) is 11.3. The molecule has 0 heterocycles. The number of esters is 2. The quantitative estimate of drug-likeness (QED) is 0.604. The summed E-state index contributed by atoms with van der Waals surface area (Å²) in [4.78, 5) is 51.2. The van der Waals surface area contributed by atoms with Crippen molar-refractivity contribution in [3.63, 3.8) is 0 Å². The predicted molar refractivity (Wildman–Crippen MR) is 109 cm³/mol. The highest BCUT2D eigenvalue weighted by molar-refractivity contribution is 6.08. The fourth-order valence-electron chi connectivity index (χ4n) is 8.16. The van der Waals surface area contributed by atoms with Crippen molar-refractivity contribution in [3.8, 4) is 0 Å². The van der Waals surface area contributed by atoms with E-state index in [2.05, 4.69) is 0 Å². The van der Waals surface area contributed by atoms with Crippen LogP contribution < -0.4 is 0 Å². The summed E-state index contributed by atoms with van der Waals surface area (Å²) in [6.45, 7) is 9.70. The van der Waals surface area contributed by atoms with E-state index in [0.29, 0.717) is 12.0 Å². The predicted octanol–water partition coefficient (Wildman–Crippen LogP) is 1.11. The van der Waals surface area contributed by atoms with Crippen molar-refractivity contribution in [1.29, 1.82) is 0 Å². The lowest BCUT2D eigenvalue weighted by atomic mass is 9.30. The Kier molecular flexibility index (Phi) is 4.01. The van der Waals surface area contributed by atoms with Crippen molar-refractivity contribution in [3.05, 3.63) is 11.1 Å². The Morgan fingerprint density at radius 1 is 1.06 bits per heavy atom. The Labute approximate surface area is 186 Å². The first-order valence-electron chi connectivity index (χ1n) is 11.3. The van der Waals surface area contributed by atoms with E-state index in [1.807, 2.05) is 13.8 Å². The van der Waals surface area contributed by atoms with E-state index in [9.17, 15) is 29.4 Å². The van der Waals surface area contributed by atoms with Gasteiger partial charge >= 0.3 is 11.9 Å². The Morgan fingerprint density at radius 2 is 1.62 bits per heavy atom. The van der Waals surface area contributed by atoms with Crippen molar-refractivity contribution in [2.45, 2.75) is 78.3 Å². The Balaban J connectivity index is 1.80. The third kappa shape index (κ3) is 2.07. The number of carbonyl (C=O) groups excluding carboxylic acids is 4. The summed E-state index contributed by atoms with van der Waals surface area (Å²) >= 11 is 0. The summed E-state index contributed by atoms with van der Waals surface area (Å²) in [5.74, 6) is -3.14. The molecule has 174 valence electrons. The summed E-state index contributed by atoms with van der Waals surface area (Å²) in [6.07, 6.45) is -3.23. The van der Waals surface area contributed by atoms with Gasteiger partial charge in [0.2, 0.25) is 0 Å². The van der Waals surface area contributed by atoms with E-state index in [1.54, 1.807) is 13.8 Å². The minimum atomic E-state index is -1.72. The molecule has 9 atom stereocenters. The van der Waals surface area contributed by atoms with E-state index in [0.717, 1.165) is 0 Å². The number of hydrogen-bond acceptors (Lipinski definition) is 8. The topological polar surface area (TPSA) is 127 Å². The molecule has 0 bridgehead atoms. The van der Waals surface area contributed by atoms with Crippen LogP contribution in [0.15, 0.2) is 11.1 Å². The normalized spacial score (nSPS) is 49.9. The van der Waals surface area contributed by atoms with Crippen LogP contribution in [-0.2, 0) is 28.7 Å². The number of aliphatic hydroxyl groups excluding tert-OH is 1. The molecule has 5 aliphatic carbocycles. The zero-order valence-electron chi connectivity index (χ0n) is 19.2. The zero-order chi connectivity index (χ0) is 23.8. The van der Waals surface area contributed by atoms with Gasteiger partial charge in [0.15, 0.2) is 5.78 Å². The fourth-order valence-corrected chi connectivity index (χ4v) is 8.16. The van der Waals surface area contributed by atoms with Crippen molar-refractivity contribution >= 4 is 23.5 Å². The molecule has 0 aliphatic heterocycles.